The van der Waals surface area contributed by atoms with E-state index in [-0.39, 0.29) is 16.5 Å². The molecule has 2 aromatic rings. The van der Waals surface area contributed by atoms with Crippen molar-refractivity contribution in [3.05, 3.63) is 63.6 Å². The predicted molar refractivity (Wildman–Crippen MR) is 93.0 cm³/mol. The number of carbonyl (C=O) groups excluding carboxylic acids is 2. The van der Waals surface area contributed by atoms with Crippen molar-refractivity contribution in [2.24, 2.45) is 5.92 Å². The Hall–Kier alpha value is -2.04. The minimum Gasteiger partial charge on any atom is -0.462 e. The van der Waals surface area contributed by atoms with E-state index in [2.05, 4.69) is 0 Å². The largest absolute Gasteiger partial charge is 0.462 e. The smallest absolute Gasteiger partial charge is 0.345 e. The molecule has 0 saturated heterocycles. The van der Waals surface area contributed by atoms with E-state index < -0.39 is 11.9 Å². The van der Waals surface area contributed by atoms with Gasteiger partial charge in [-0.25, -0.2) is 9.59 Å². The Bertz CT molecular complexity index is 739. The van der Waals surface area contributed by atoms with Gasteiger partial charge in [-0.1, -0.05) is 37.0 Å². The summed E-state index contributed by atoms with van der Waals surface area (Å²) in [6.45, 7) is 4.26. The first-order valence-corrected chi connectivity index (χ1v) is 8.07. The molecule has 0 radical (unpaired) electrons. The highest BCUT2D eigenvalue weighted by molar-refractivity contribution is 6.36. The molecular weight excluding hydrogens is 351 g/mol. The third-order valence-electron chi connectivity index (χ3n) is 3.00. The molecule has 0 fully saturated rings. The van der Waals surface area contributed by atoms with E-state index in [1.165, 1.54) is 36.4 Å². The summed E-state index contributed by atoms with van der Waals surface area (Å²) >= 11 is 11.8. The lowest BCUT2D eigenvalue weighted by atomic mass is 10.2. The molecule has 6 heteroatoms. The normalized spacial score (nSPS) is 10.5. The van der Waals surface area contributed by atoms with Crippen LogP contribution in [0.5, 0.6) is 5.75 Å². The van der Waals surface area contributed by atoms with Gasteiger partial charge in [0.05, 0.1) is 22.8 Å². The first-order chi connectivity index (χ1) is 11.4. The first-order valence-electron chi connectivity index (χ1n) is 7.31. The molecule has 0 atom stereocenters. The summed E-state index contributed by atoms with van der Waals surface area (Å²) in [5.74, 6) is -0.459. The predicted octanol–water partition coefficient (Wildman–Crippen LogP) is 5.03. The van der Waals surface area contributed by atoms with E-state index in [9.17, 15) is 9.59 Å². The molecule has 0 unspecified atom stereocenters. The van der Waals surface area contributed by atoms with E-state index in [1.807, 2.05) is 13.8 Å². The summed E-state index contributed by atoms with van der Waals surface area (Å²) in [4.78, 5) is 23.9. The topological polar surface area (TPSA) is 52.6 Å². The zero-order chi connectivity index (χ0) is 17.7. The van der Waals surface area contributed by atoms with Crippen molar-refractivity contribution >= 4 is 35.1 Å². The molecular formula is C18H16Cl2O4. The number of esters is 2. The van der Waals surface area contributed by atoms with Crippen LogP contribution >= 0.6 is 23.2 Å². The van der Waals surface area contributed by atoms with Gasteiger partial charge in [-0.05, 0) is 48.4 Å². The lowest BCUT2D eigenvalue weighted by molar-refractivity contribution is 0.0459. The van der Waals surface area contributed by atoms with Crippen LogP contribution in [0.3, 0.4) is 0 Å². The number of rotatable bonds is 5. The summed E-state index contributed by atoms with van der Waals surface area (Å²) in [5.41, 5.74) is 0.599. The fraction of sp³-hybridized carbons (Fsp3) is 0.222. The van der Waals surface area contributed by atoms with E-state index in [4.69, 9.17) is 32.7 Å². The zero-order valence-electron chi connectivity index (χ0n) is 13.2. The maximum absolute atomic E-state index is 12.1. The highest BCUT2D eigenvalue weighted by Crippen LogP contribution is 2.23. The van der Waals surface area contributed by atoms with E-state index >= 15 is 0 Å². The molecule has 0 bridgehead atoms. The van der Waals surface area contributed by atoms with Crippen molar-refractivity contribution in [2.75, 3.05) is 6.61 Å². The van der Waals surface area contributed by atoms with Crippen LogP contribution in [0.1, 0.15) is 34.6 Å². The highest BCUT2D eigenvalue weighted by atomic mass is 35.5. The van der Waals surface area contributed by atoms with Gasteiger partial charge in [0.2, 0.25) is 0 Å². The van der Waals surface area contributed by atoms with Gasteiger partial charge in [0.25, 0.3) is 0 Å². The minimum atomic E-state index is -0.605. The number of hydrogen-bond acceptors (Lipinski definition) is 4. The van der Waals surface area contributed by atoms with Gasteiger partial charge in [-0.15, -0.1) is 0 Å². The van der Waals surface area contributed by atoms with Crippen molar-refractivity contribution in [1.29, 1.82) is 0 Å². The number of hydrogen-bond donors (Lipinski definition) is 0. The molecule has 0 amide bonds. The summed E-state index contributed by atoms with van der Waals surface area (Å²) in [6.07, 6.45) is 0. The van der Waals surface area contributed by atoms with Crippen molar-refractivity contribution in [3.63, 3.8) is 0 Å². The standard InChI is InChI=1S/C18H16Cl2O4/c1-11(2)10-23-17(21)12-3-6-14(7-4-12)24-18(22)15-8-5-13(19)9-16(15)20/h3-9,11H,10H2,1-2H3. The SMILES string of the molecule is CC(C)COC(=O)c1ccc(OC(=O)c2ccc(Cl)cc2Cl)cc1. The summed E-state index contributed by atoms with van der Waals surface area (Å²) in [5, 5.41) is 0.641. The molecule has 0 heterocycles. The second-order valence-electron chi connectivity index (χ2n) is 5.53. The summed E-state index contributed by atoms with van der Waals surface area (Å²) in [6, 6.07) is 10.6. The second-order valence-corrected chi connectivity index (χ2v) is 6.37. The van der Waals surface area contributed by atoms with Crippen LogP contribution in [0.2, 0.25) is 10.0 Å². The third-order valence-corrected chi connectivity index (χ3v) is 3.55. The Morgan fingerprint density at radius 3 is 2.25 bits per heavy atom. The molecule has 0 N–H and O–H groups in total. The van der Waals surface area contributed by atoms with Gasteiger partial charge in [0.1, 0.15) is 5.75 Å². The number of benzene rings is 2. The van der Waals surface area contributed by atoms with E-state index in [1.54, 1.807) is 6.07 Å². The van der Waals surface area contributed by atoms with Gasteiger partial charge in [0, 0.05) is 5.02 Å². The molecule has 0 aromatic heterocycles. The van der Waals surface area contributed by atoms with Crippen molar-refractivity contribution in [3.8, 4) is 5.75 Å². The average Bonchev–Trinajstić information content (AvgIpc) is 2.53. The molecule has 2 aromatic carbocycles. The van der Waals surface area contributed by atoms with Gasteiger partial charge < -0.3 is 9.47 Å². The minimum absolute atomic E-state index is 0.210. The molecule has 4 nitrogen and oxygen atoms in total. The van der Waals surface area contributed by atoms with Gasteiger partial charge in [0.15, 0.2) is 0 Å². The van der Waals surface area contributed by atoms with Gasteiger partial charge in [-0.3, -0.25) is 0 Å². The van der Waals surface area contributed by atoms with Crippen LogP contribution in [-0.2, 0) is 4.74 Å². The maximum atomic E-state index is 12.1. The second kappa shape index (κ2) is 8.18. The maximum Gasteiger partial charge on any atom is 0.345 e. The van der Waals surface area contributed by atoms with Crippen LogP contribution in [-0.4, -0.2) is 18.5 Å². The Balaban J connectivity index is 2.03. The van der Waals surface area contributed by atoms with Gasteiger partial charge >= 0.3 is 11.9 Å². The van der Waals surface area contributed by atoms with Crippen LogP contribution in [0.25, 0.3) is 0 Å². The zero-order valence-corrected chi connectivity index (χ0v) is 14.7. The Kier molecular flexibility index (Phi) is 6.23. The molecule has 0 aliphatic rings. The fourth-order valence-corrected chi connectivity index (χ4v) is 2.29. The summed E-state index contributed by atoms with van der Waals surface area (Å²) < 4.78 is 10.4. The fourth-order valence-electron chi connectivity index (χ4n) is 1.80. The molecule has 0 aliphatic heterocycles. The lowest BCUT2D eigenvalue weighted by Gasteiger charge is -2.08. The van der Waals surface area contributed by atoms with Crippen LogP contribution in [0, 0.1) is 5.92 Å². The quantitative estimate of drug-likeness (QED) is 0.550. The highest BCUT2D eigenvalue weighted by Gasteiger charge is 2.14. The van der Waals surface area contributed by atoms with E-state index in [0.717, 1.165) is 0 Å². The summed E-state index contributed by atoms with van der Waals surface area (Å²) in [7, 11) is 0. The van der Waals surface area contributed by atoms with Crippen molar-refractivity contribution in [1.82, 2.24) is 0 Å². The van der Waals surface area contributed by atoms with Crippen molar-refractivity contribution < 1.29 is 19.1 Å². The molecule has 0 aliphatic carbocycles. The van der Waals surface area contributed by atoms with Crippen LogP contribution in [0.15, 0.2) is 42.5 Å². The third kappa shape index (κ3) is 4.98. The first kappa shape index (κ1) is 18.3. The monoisotopic (exact) mass is 366 g/mol. The molecule has 0 spiro atoms. The molecule has 0 saturated carbocycles. The average molecular weight is 367 g/mol. The lowest BCUT2D eigenvalue weighted by Crippen LogP contribution is -2.11. The number of carbonyl (C=O) groups is 2. The van der Waals surface area contributed by atoms with Gasteiger partial charge in [-0.2, -0.15) is 0 Å². The van der Waals surface area contributed by atoms with Crippen molar-refractivity contribution in [2.45, 2.75) is 13.8 Å². The van der Waals surface area contributed by atoms with Crippen LogP contribution < -0.4 is 4.74 Å². The molecule has 126 valence electrons. The Morgan fingerprint density at radius 2 is 1.67 bits per heavy atom. The molecule has 24 heavy (non-hydrogen) atoms. The van der Waals surface area contributed by atoms with E-state index in [0.29, 0.717) is 22.9 Å². The van der Waals surface area contributed by atoms with Crippen LogP contribution in [0.4, 0.5) is 0 Å². The number of halogens is 2. The Morgan fingerprint density at radius 1 is 1.00 bits per heavy atom. The number of ether oxygens (including phenoxy) is 2. The molecule has 2 rings (SSSR count). The Labute approximate surface area is 150 Å².